The van der Waals surface area contributed by atoms with Crippen molar-refractivity contribution in [2.75, 3.05) is 12.3 Å². The van der Waals surface area contributed by atoms with Gasteiger partial charge in [0, 0.05) is 21.2 Å². The highest BCUT2D eigenvalue weighted by atomic mass is 79.9. The Hall–Kier alpha value is -1.27. The predicted octanol–water partition coefficient (Wildman–Crippen LogP) is 3.34. The van der Waals surface area contributed by atoms with Crippen LogP contribution in [0, 0.1) is 6.92 Å². The number of aliphatic imine (C=N–C) groups is 1. The van der Waals surface area contributed by atoms with E-state index in [1.54, 1.807) is 11.8 Å². The molecule has 0 spiro atoms. The normalized spacial score (nSPS) is 14.7. The predicted molar refractivity (Wildman–Crippen MR) is 80.9 cm³/mol. The van der Waals surface area contributed by atoms with E-state index in [0.29, 0.717) is 16.5 Å². The van der Waals surface area contributed by atoms with E-state index in [1.165, 1.54) is 0 Å². The Bertz CT molecular complexity index is 693. The van der Waals surface area contributed by atoms with E-state index in [2.05, 4.69) is 26.2 Å². The second-order valence-corrected chi connectivity index (χ2v) is 6.19. The molecule has 0 radical (unpaired) electrons. The van der Waals surface area contributed by atoms with Gasteiger partial charge in [0.1, 0.15) is 5.58 Å². The first-order chi connectivity index (χ1) is 9.15. The zero-order valence-electron chi connectivity index (χ0n) is 10.2. The average molecular weight is 339 g/mol. The van der Waals surface area contributed by atoms with Crippen LogP contribution in [0.1, 0.15) is 16.1 Å². The molecule has 0 saturated heterocycles. The molecule has 2 heterocycles. The first-order valence-corrected chi connectivity index (χ1v) is 7.60. The highest BCUT2D eigenvalue weighted by molar-refractivity contribution is 9.10. The summed E-state index contributed by atoms with van der Waals surface area (Å²) < 4.78 is 6.59. The Labute approximate surface area is 122 Å². The number of nitrogens with zero attached hydrogens (tertiary/aromatic N) is 1. The van der Waals surface area contributed by atoms with Gasteiger partial charge >= 0.3 is 0 Å². The van der Waals surface area contributed by atoms with Gasteiger partial charge in [-0.3, -0.25) is 15.1 Å². The van der Waals surface area contributed by atoms with Gasteiger partial charge in [0.2, 0.25) is 0 Å². The van der Waals surface area contributed by atoms with E-state index < -0.39 is 0 Å². The number of aryl methyl sites for hydroxylation is 1. The quantitative estimate of drug-likeness (QED) is 0.867. The second kappa shape index (κ2) is 5.02. The van der Waals surface area contributed by atoms with Gasteiger partial charge < -0.3 is 4.42 Å². The lowest BCUT2D eigenvalue weighted by Crippen LogP contribution is -2.27. The van der Waals surface area contributed by atoms with Crippen LogP contribution in [0.3, 0.4) is 0 Å². The fourth-order valence-corrected chi connectivity index (χ4v) is 3.06. The van der Waals surface area contributed by atoms with Crippen molar-refractivity contribution < 1.29 is 9.21 Å². The summed E-state index contributed by atoms with van der Waals surface area (Å²) in [5, 5.41) is 4.40. The minimum absolute atomic E-state index is 0.238. The first-order valence-electron chi connectivity index (χ1n) is 5.82. The number of halogens is 1. The average Bonchev–Trinajstić information content (AvgIpc) is 2.98. The number of carbonyl (C=O) groups is 1. The lowest BCUT2D eigenvalue weighted by molar-refractivity contribution is 0.0952. The molecule has 19 heavy (non-hydrogen) atoms. The van der Waals surface area contributed by atoms with Gasteiger partial charge in [-0.1, -0.05) is 27.7 Å². The van der Waals surface area contributed by atoms with Crippen molar-refractivity contribution in [3.8, 4) is 0 Å². The van der Waals surface area contributed by atoms with Crippen LogP contribution in [0.4, 0.5) is 0 Å². The maximum Gasteiger partial charge on any atom is 0.293 e. The van der Waals surface area contributed by atoms with Crippen LogP contribution in [0.2, 0.25) is 0 Å². The summed E-state index contributed by atoms with van der Waals surface area (Å²) in [5.74, 6) is 1.03. The van der Waals surface area contributed by atoms with Crippen LogP contribution in [0.5, 0.6) is 0 Å². The molecule has 1 aliphatic rings. The summed E-state index contributed by atoms with van der Waals surface area (Å²) in [6.45, 7) is 2.64. The highest BCUT2D eigenvalue weighted by Gasteiger charge is 2.20. The van der Waals surface area contributed by atoms with Crippen molar-refractivity contribution >= 4 is 49.7 Å². The van der Waals surface area contributed by atoms with E-state index in [1.807, 2.05) is 25.1 Å². The zero-order chi connectivity index (χ0) is 13.4. The number of benzene rings is 1. The molecule has 3 rings (SSSR count). The molecule has 0 aliphatic carbocycles. The van der Waals surface area contributed by atoms with Crippen molar-refractivity contribution in [2.45, 2.75) is 6.92 Å². The number of nitrogens with one attached hydrogen (secondary N) is 1. The number of hydrogen-bond donors (Lipinski definition) is 1. The van der Waals surface area contributed by atoms with Gasteiger partial charge in [-0.05, 0) is 25.1 Å². The number of amides is 1. The molecule has 1 aromatic heterocycles. The number of rotatable bonds is 1. The summed E-state index contributed by atoms with van der Waals surface area (Å²) >= 11 is 4.97. The number of furan rings is 1. The third-order valence-electron chi connectivity index (χ3n) is 2.91. The van der Waals surface area contributed by atoms with Gasteiger partial charge in [-0.15, -0.1) is 0 Å². The van der Waals surface area contributed by atoms with Crippen LogP contribution < -0.4 is 5.32 Å². The summed E-state index contributed by atoms with van der Waals surface area (Å²) in [6.07, 6.45) is 0. The Kier molecular flexibility index (Phi) is 3.36. The van der Waals surface area contributed by atoms with Crippen molar-refractivity contribution in [2.24, 2.45) is 4.99 Å². The Morgan fingerprint density at radius 2 is 2.37 bits per heavy atom. The van der Waals surface area contributed by atoms with E-state index >= 15 is 0 Å². The SMILES string of the molecule is Cc1c(C(=O)NC2=NCCS2)oc2ccc(Br)cc12. The molecule has 1 N–H and O–H groups in total. The maximum atomic E-state index is 12.2. The Balaban J connectivity index is 1.95. The van der Waals surface area contributed by atoms with Gasteiger partial charge in [-0.2, -0.15) is 0 Å². The van der Waals surface area contributed by atoms with Crippen molar-refractivity contribution in [1.29, 1.82) is 0 Å². The molecule has 0 saturated carbocycles. The number of carbonyl (C=O) groups excluding carboxylic acids is 1. The summed E-state index contributed by atoms with van der Waals surface area (Å²) in [4.78, 5) is 16.4. The fraction of sp³-hybridized carbons (Fsp3) is 0.231. The van der Waals surface area contributed by atoms with E-state index in [0.717, 1.165) is 27.7 Å². The molecule has 0 unspecified atom stereocenters. The molecule has 1 aliphatic heterocycles. The summed E-state index contributed by atoms with van der Waals surface area (Å²) in [6, 6.07) is 5.70. The number of hydrogen-bond acceptors (Lipinski definition) is 4. The van der Waals surface area contributed by atoms with Crippen molar-refractivity contribution in [1.82, 2.24) is 5.32 Å². The third kappa shape index (κ3) is 2.42. The van der Waals surface area contributed by atoms with E-state index in [-0.39, 0.29) is 5.91 Å². The smallest absolute Gasteiger partial charge is 0.293 e. The monoisotopic (exact) mass is 338 g/mol. The molecule has 0 bridgehead atoms. The van der Waals surface area contributed by atoms with Crippen molar-refractivity contribution in [3.63, 3.8) is 0 Å². The topological polar surface area (TPSA) is 54.6 Å². The highest BCUT2D eigenvalue weighted by Crippen LogP contribution is 2.28. The first kappa shape index (κ1) is 12.7. The minimum atomic E-state index is -0.238. The molecule has 6 heteroatoms. The lowest BCUT2D eigenvalue weighted by atomic mass is 10.1. The zero-order valence-corrected chi connectivity index (χ0v) is 12.6. The molecule has 1 amide bonds. The van der Waals surface area contributed by atoms with Crippen LogP contribution in [-0.2, 0) is 0 Å². The third-order valence-corrected chi connectivity index (χ3v) is 4.29. The Morgan fingerprint density at radius 3 is 3.11 bits per heavy atom. The fourth-order valence-electron chi connectivity index (χ4n) is 1.97. The molecule has 2 aromatic rings. The van der Waals surface area contributed by atoms with Crippen LogP contribution in [0.15, 0.2) is 32.1 Å². The van der Waals surface area contributed by atoms with Crippen LogP contribution in [-0.4, -0.2) is 23.4 Å². The van der Waals surface area contributed by atoms with Gasteiger partial charge in [0.25, 0.3) is 5.91 Å². The van der Waals surface area contributed by atoms with Crippen LogP contribution >= 0.6 is 27.7 Å². The largest absolute Gasteiger partial charge is 0.451 e. The number of amidine groups is 1. The van der Waals surface area contributed by atoms with Gasteiger partial charge in [0.05, 0.1) is 6.54 Å². The standard InChI is InChI=1S/C13H11BrN2O2S/c1-7-9-6-8(14)2-3-10(9)18-11(7)12(17)16-13-15-4-5-19-13/h2-3,6H,4-5H2,1H3,(H,15,16,17). The summed E-state index contributed by atoms with van der Waals surface area (Å²) in [7, 11) is 0. The minimum Gasteiger partial charge on any atom is -0.451 e. The van der Waals surface area contributed by atoms with Crippen molar-refractivity contribution in [3.05, 3.63) is 34.0 Å². The molecule has 0 fully saturated rings. The van der Waals surface area contributed by atoms with E-state index in [9.17, 15) is 4.79 Å². The summed E-state index contributed by atoms with van der Waals surface area (Å²) in [5.41, 5.74) is 1.56. The number of thioether (sulfide) groups is 1. The van der Waals surface area contributed by atoms with Gasteiger partial charge in [-0.25, -0.2) is 0 Å². The lowest BCUT2D eigenvalue weighted by Gasteiger charge is -2.01. The van der Waals surface area contributed by atoms with Crippen LogP contribution in [0.25, 0.3) is 11.0 Å². The molecular weight excluding hydrogens is 328 g/mol. The molecule has 0 atom stereocenters. The molecule has 4 nitrogen and oxygen atoms in total. The van der Waals surface area contributed by atoms with Gasteiger partial charge in [0.15, 0.2) is 10.9 Å². The number of fused-ring (bicyclic) bond motifs is 1. The second-order valence-electron chi connectivity index (χ2n) is 4.19. The van der Waals surface area contributed by atoms with E-state index in [4.69, 9.17) is 4.42 Å². The molecule has 98 valence electrons. The Morgan fingerprint density at radius 1 is 1.53 bits per heavy atom. The molecule has 1 aromatic carbocycles. The molecular formula is C13H11BrN2O2S. The maximum absolute atomic E-state index is 12.2.